The van der Waals surface area contributed by atoms with E-state index in [0.29, 0.717) is 26.2 Å². The molecule has 3 N–H and O–H groups in total. The molecular weight excluding hydrogens is 284 g/mol. The second-order valence-electron chi connectivity index (χ2n) is 5.16. The molecule has 0 radical (unpaired) electrons. The quantitative estimate of drug-likeness (QED) is 0.612. The zero-order valence-corrected chi connectivity index (χ0v) is 12.2. The lowest BCUT2D eigenvalue weighted by molar-refractivity contribution is -0.0323. The summed E-state index contributed by atoms with van der Waals surface area (Å²) in [6.45, 7) is 2.13. The van der Waals surface area contributed by atoms with Crippen LogP contribution in [0.4, 0.5) is 0 Å². The molecule has 20 heavy (non-hydrogen) atoms. The first-order valence-corrected chi connectivity index (χ1v) is 8.21. The predicted octanol–water partition coefficient (Wildman–Crippen LogP) is -1.48. The second-order valence-corrected chi connectivity index (χ2v) is 7.00. The van der Waals surface area contributed by atoms with Crippen LogP contribution in [0.5, 0.6) is 0 Å². The molecule has 1 unspecified atom stereocenters. The molecule has 1 saturated heterocycles. The van der Waals surface area contributed by atoms with Crippen LogP contribution in [0.3, 0.4) is 0 Å². The summed E-state index contributed by atoms with van der Waals surface area (Å²) in [5.74, 6) is 0. The maximum absolute atomic E-state index is 11.1. The number of sulfonamides is 1. The summed E-state index contributed by atoms with van der Waals surface area (Å²) in [6, 6.07) is 1.86. The number of nitrogens with one attached hydrogen (secondary N) is 2. The van der Waals surface area contributed by atoms with Gasteiger partial charge in [-0.1, -0.05) is 0 Å². The van der Waals surface area contributed by atoms with Crippen LogP contribution < -0.4 is 4.72 Å². The molecular formula is C11H20N4O4S. The minimum absolute atomic E-state index is 0.0642. The molecule has 0 aliphatic carbocycles. The Kier molecular flexibility index (Phi) is 4.76. The SMILES string of the molecule is CS(=O)(=O)NCC1(O)COCCN(Cc2ccn[nH]2)C1. The Morgan fingerprint density at radius 3 is 3.10 bits per heavy atom. The van der Waals surface area contributed by atoms with Gasteiger partial charge in [-0.3, -0.25) is 10.00 Å². The van der Waals surface area contributed by atoms with Gasteiger partial charge in [0, 0.05) is 38.1 Å². The number of aromatic nitrogens is 2. The zero-order valence-electron chi connectivity index (χ0n) is 11.4. The van der Waals surface area contributed by atoms with Crippen LogP contribution in [0.25, 0.3) is 0 Å². The van der Waals surface area contributed by atoms with E-state index in [0.717, 1.165) is 11.9 Å². The highest BCUT2D eigenvalue weighted by Crippen LogP contribution is 2.14. The largest absolute Gasteiger partial charge is 0.385 e. The molecule has 1 aromatic rings. The number of aliphatic hydroxyl groups is 1. The Hall–Kier alpha value is -1.00. The lowest BCUT2D eigenvalue weighted by atomic mass is 10.1. The van der Waals surface area contributed by atoms with Crippen molar-refractivity contribution in [2.24, 2.45) is 0 Å². The highest BCUT2D eigenvalue weighted by molar-refractivity contribution is 7.88. The van der Waals surface area contributed by atoms with Crippen molar-refractivity contribution in [3.05, 3.63) is 18.0 Å². The summed E-state index contributed by atoms with van der Waals surface area (Å²) in [6.07, 6.45) is 2.73. The summed E-state index contributed by atoms with van der Waals surface area (Å²) in [7, 11) is -3.34. The summed E-state index contributed by atoms with van der Waals surface area (Å²) < 4.78 is 30.0. The van der Waals surface area contributed by atoms with E-state index < -0.39 is 15.6 Å². The predicted molar refractivity (Wildman–Crippen MR) is 72.5 cm³/mol. The van der Waals surface area contributed by atoms with Crippen molar-refractivity contribution in [2.75, 3.05) is 39.1 Å². The number of hydrogen-bond acceptors (Lipinski definition) is 6. The van der Waals surface area contributed by atoms with E-state index in [1.165, 1.54) is 0 Å². The number of aromatic amines is 1. The fourth-order valence-electron chi connectivity index (χ4n) is 2.12. The van der Waals surface area contributed by atoms with Crippen LogP contribution in [0.15, 0.2) is 12.3 Å². The standard InChI is InChI=1S/C11H20N4O4S/c1-20(17,18)13-7-11(16)8-15(4-5-19-9-11)6-10-2-3-12-14-10/h2-3,13,16H,4-9H2,1H3,(H,12,14). The van der Waals surface area contributed by atoms with E-state index in [1.807, 2.05) is 11.0 Å². The van der Waals surface area contributed by atoms with Gasteiger partial charge < -0.3 is 9.84 Å². The Balaban J connectivity index is 1.98. The lowest BCUT2D eigenvalue weighted by Crippen LogP contribution is -2.52. The maximum atomic E-state index is 11.1. The zero-order chi connectivity index (χ0) is 14.6. The van der Waals surface area contributed by atoms with Crippen molar-refractivity contribution in [3.8, 4) is 0 Å². The number of rotatable bonds is 5. The van der Waals surface area contributed by atoms with Gasteiger partial charge in [0.25, 0.3) is 0 Å². The topological polar surface area (TPSA) is 108 Å². The lowest BCUT2D eigenvalue weighted by Gasteiger charge is -2.30. The Morgan fingerprint density at radius 1 is 1.65 bits per heavy atom. The molecule has 0 saturated carbocycles. The molecule has 2 rings (SSSR count). The first kappa shape index (κ1) is 15.4. The first-order chi connectivity index (χ1) is 9.36. The normalized spacial score (nSPS) is 25.5. The molecule has 1 aliphatic rings. The fraction of sp³-hybridized carbons (Fsp3) is 0.727. The highest BCUT2D eigenvalue weighted by atomic mass is 32.2. The molecule has 0 spiro atoms. The summed E-state index contributed by atoms with van der Waals surface area (Å²) in [5, 5.41) is 17.2. The van der Waals surface area contributed by atoms with Crippen molar-refractivity contribution in [3.63, 3.8) is 0 Å². The first-order valence-electron chi connectivity index (χ1n) is 6.32. The molecule has 8 nitrogen and oxygen atoms in total. The van der Waals surface area contributed by atoms with Gasteiger partial charge in [-0.15, -0.1) is 0 Å². The molecule has 114 valence electrons. The molecule has 9 heteroatoms. The van der Waals surface area contributed by atoms with Gasteiger partial charge >= 0.3 is 0 Å². The van der Waals surface area contributed by atoms with E-state index in [1.54, 1.807) is 6.20 Å². The summed E-state index contributed by atoms with van der Waals surface area (Å²) in [4.78, 5) is 2.00. The van der Waals surface area contributed by atoms with Crippen LogP contribution in [0, 0.1) is 0 Å². The van der Waals surface area contributed by atoms with Gasteiger partial charge in [0.1, 0.15) is 5.60 Å². The van der Waals surface area contributed by atoms with E-state index in [4.69, 9.17) is 4.74 Å². The van der Waals surface area contributed by atoms with Crippen molar-refractivity contribution in [2.45, 2.75) is 12.1 Å². The van der Waals surface area contributed by atoms with Gasteiger partial charge in [-0.05, 0) is 6.07 Å². The monoisotopic (exact) mass is 304 g/mol. The number of nitrogens with zero attached hydrogens (tertiary/aromatic N) is 2. The van der Waals surface area contributed by atoms with Crippen LogP contribution in [-0.2, 0) is 21.3 Å². The van der Waals surface area contributed by atoms with Gasteiger partial charge in [0.2, 0.25) is 10.0 Å². The van der Waals surface area contributed by atoms with Crippen molar-refractivity contribution in [1.82, 2.24) is 19.8 Å². The molecule has 0 aromatic carbocycles. The minimum atomic E-state index is -3.34. The van der Waals surface area contributed by atoms with Crippen molar-refractivity contribution in [1.29, 1.82) is 0 Å². The molecule has 0 amide bonds. The molecule has 1 fully saturated rings. The van der Waals surface area contributed by atoms with Gasteiger partial charge in [-0.2, -0.15) is 5.10 Å². The van der Waals surface area contributed by atoms with Gasteiger partial charge in [-0.25, -0.2) is 13.1 Å². The van der Waals surface area contributed by atoms with E-state index in [-0.39, 0.29) is 13.2 Å². The maximum Gasteiger partial charge on any atom is 0.208 e. The second kappa shape index (κ2) is 6.19. The number of β-amino-alcohol motifs (C(OH)–C–C–N with tert-alkyl or cyclic N) is 1. The Morgan fingerprint density at radius 2 is 2.45 bits per heavy atom. The average Bonchev–Trinajstić information content (AvgIpc) is 2.77. The van der Waals surface area contributed by atoms with Crippen molar-refractivity contribution >= 4 is 10.0 Å². The molecule has 1 atom stereocenters. The van der Waals surface area contributed by atoms with Crippen LogP contribution in [-0.4, -0.2) is 73.3 Å². The molecule has 1 aromatic heterocycles. The average molecular weight is 304 g/mol. The smallest absolute Gasteiger partial charge is 0.208 e. The number of ether oxygens (including phenoxy) is 1. The number of H-pyrrole nitrogens is 1. The third-order valence-corrected chi connectivity index (χ3v) is 3.73. The molecule has 2 heterocycles. The van der Waals surface area contributed by atoms with Gasteiger partial charge in [0.05, 0.1) is 19.5 Å². The van der Waals surface area contributed by atoms with Crippen LogP contribution >= 0.6 is 0 Å². The summed E-state index contributed by atoms with van der Waals surface area (Å²) >= 11 is 0. The minimum Gasteiger partial charge on any atom is -0.385 e. The number of hydrogen-bond donors (Lipinski definition) is 3. The van der Waals surface area contributed by atoms with Crippen molar-refractivity contribution < 1.29 is 18.3 Å². The van der Waals surface area contributed by atoms with E-state index in [9.17, 15) is 13.5 Å². The third kappa shape index (κ3) is 4.84. The third-order valence-electron chi connectivity index (χ3n) is 3.06. The highest BCUT2D eigenvalue weighted by Gasteiger charge is 2.33. The van der Waals surface area contributed by atoms with E-state index in [2.05, 4.69) is 14.9 Å². The summed E-state index contributed by atoms with van der Waals surface area (Å²) in [5.41, 5.74) is -0.301. The van der Waals surface area contributed by atoms with E-state index >= 15 is 0 Å². The Bertz CT molecular complexity index is 519. The molecule has 0 bridgehead atoms. The Labute approximate surface area is 118 Å². The van der Waals surface area contributed by atoms with Crippen LogP contribution in [0.2, 0.25) is 0 Å². The molecule has 1 aliphatic heterocycles. The fourth-order valence-corrected chi connectivity index (χ4v) is 2.65. The van der Waals surface area contributed by atoms with Gasteiger partial charge in [0.15, 0.2) is 0 Å². The van der Waals surface area contributed by atoms with Crippen LogP contribution in [0.1, 0.15) is 5.69 Å².